The zero-order valence-electron chi connectivity index (χ0n) is 15.4. The van der Waals surface area contributed by atoms with E-state index in [1.165, 1.54) is 54.9 Å². The van der Waals surface area contributed by atoms with Crippen LogP contribution in [0.25, 0.3) is 32.7 Å². The number of hydrogen-bond donors (Lipinski definition) is 0. The third-order valence-electron chi connectivity index (χ3n) is 5.35. The summed E-state index contributed by atoms with van der Waals surface area (Å²) in [5.74, 6) is 0. The molecular formula is C24H25ClO. The number of unbranched alkanes of at least 4 members (excludes halogenated alkanes) is 5. The molecule has 0 spiro atoms. The smallest absolute Gasteiger partial charge is 0.143 e. The van der Waals surface area contributed by atoms with Crippen LogP contribution in [0.3, 0.4) is 0 Å². The first kappa shape index (κ1) is 17.4. The number of aryl methyl sites for hydroxylation is 1. The van der Waals surface area contributed by atoms with Gasteiger partial charge in [-0.2, -0.15) is 0 Å². The van der Waals surface area contributed by atoms with Crippen LogP contribution in [0.5, 0.6) is 0 Å². The van der Waals surface area contributed by atoms with E-state index >= 15 is 0 Å². The molecule has 3 aromatic carbocycles. The largest absolute Gasteiger partial charge is 0.455 e. The summed E-state index contributed by atoms with van der Waals surface area (Å²) in [5.41, 5.74) is 3.17. The van der Waals surface area contributed by atoms with Crippen molar-refractivity contribution in [2.75, 3.05) is 0 Å². The summed E-state index contributed by atoms with van der Waals surface area (Å²) in [4.78, 5) is 0. The number of fused-ring (bicyclic) bond motifs is 5. The molecule has 1 aromatic heterocycles. The molecule has 0 bridgehead atoms. The average molecular weight is 365 g/mol. The quantitative estimate of drug-likeness (QED) is 0.300. The number of hydrogen-bond acceptors (Lipinski definition) is 1. The second-order valence-corrected chi connectivity index (χ2v) is 7.54. The van der Waals surface area contributed by atoms with E-state index in [2.05, 4.69) is 43.3 Å². The molecular weight excluding hydrogens is 340 g/mol. The normalized spacial score (nSPS) is 11.8. The predicted molar refractivity (Wildman–Crippen MR) is 113 cm³/mol. The standard InChI is InChI=1S/C24H25ClO/c1-2-3-4-5-6-7-15-20-22-19-14-10-11-16-21(19)26-24(22)18-13-9-8-12-17(18)23(20)25/h8-14,16H,2-7,15H2,1H3. The summed E-state index contributed by atoms with van der Waals surface area (Å²) in [6.45, 7) is 2.26. The molecule has 0 aliphatic carbocycles. The Morgan fingerprint density at radius 2 is 1.42 bits per heavy atom. The molecule has 1 heterocycles. The SMILES string of the molecule is CCCCCCCCc1c(Cl)c2ccccc2c2oc3ccccc3c12. The van der Waals surface area contributed by atoms with Gasteiger partial charge in [-0.25, -0.2) is 0 Å². The Balaban J connectivity index is 1.80. The van der Waals surface area contributed by atoms with E-state index in [0.29, 0.717) is 0 Å². The van der Waals surface area contributed by atoms with Gasteiger partial charge in [0.05, 0.1) is 5.02 Å². The summed E-state index contributed by atoms with van der Waals surface area (Å²) in [6, 6.07) is 16.6. The van der Waals surface area contributed by atoms with Crippen LogP contribution in [-0.4, -0.2) is 0 Å². The summed E-state index contributed by atoms with van der Waals surface area (Å²) in [6.07, 6.45) is 8.73. The van der Waals surface area contributed by atoms with Crippen LogP contribution in [0, 0.1) is 0 Å². The van der Waals surface area contributed by atoms with Crippen LogP contribution < -0.4 is 0 Å². The van der Waals surface area contributed by atoms with Crippen LogP contribution in [0.1, 0.15) is 51.0 Å². The van der Waals surface area contributed by atoms with Crippen molar-refractivity contribution in [1.82, 2.24) is 0 Å². The lowest BCUT2D eigenvalue weighted by molar-refractivity contribution is 0.608. The zero-order valence-corrected chi connectivity index (χ0v) is 16.1. The highest BCUT2D eigenvalue weighted by atomic mass is 35.5. The van der Waals surface area contributed by atoms with Gasteiger partial charge in [0, 0.05) is 21.5 Å². The van der Waals surface area contributed by atoms with Gasteiger partial charge in [0.2, 0.25) is 0 Å². The number of rotatable bonds is 7. The molecule has 134 valence electrons. The van der Waals surface area contributed by atoms with Gasteiger partial charge in [-0.05, 0) is 24.5 Å². The molecule has 0 aliphatic heterocycles. The maximum atomic E-state index is 6.90. The van der Waals surface area contributed by atoms with Crippen LogP contribution in [0.15, 0.2) is 52.9 Å². The van der Waals surface area contributed by atoms with Crippen molar-refractivity contribution in [3.63, 3.8) is 0 Å². The second kappa shape index (κ2) is 7.72. The van der Waals surface area contributed by atoms with Gasteiger partial charge >= 0.3 is 0 Å². The lowest BCUT2D eigenvalue weighted by Gasteiger charge is -2.10. The second-order valence-electron chi connectivity index (χ2n) is 7.16. The van der Waals surface area contributed by atoms with Crippen molar-refractivity contribution in [2.45, 2.75) is 51.9 Å². The van der Waals surface area contributed by atoms with E-state index in [-0.39, 0.29) is 0 Å². The van der Waals surface area contributed by atoms with E-state index in [0.717, 1.165) is 33.4 Å². The first-order valence-corrected chi connectivity index (χ1v) is 10.2. The molecule has 4 aromatic rings. The van der Waals surface area contributed by atoms with E-state index < -0.39 is 0 Å². The highest BCUT2D eigenvalue weighted by Gasteiger charge is 2.18. The topological polar surface area (TPSA) is 13.1 Å². The Morgan fingerprint density at radius 3 is 2.23 bits per heavy atom. The van der Waals surface area contributed by atoms with E-state index in [9.17, 15) is 0 Å². The van der Waals surface area contributed by atoms with Gasteiger partial charge in [-0.1, -0.05) is 93.1 Å². The average Bonchev–Trinajstić information content (AvgIpc) is 3.06. The van der Waals surface area contributed by atoms with Crippen LogP contribution in [0.2, 0.25) is 5.02 Å². The molecule has 2 heteroatoms. The Hall–Kier alpha value is -1.99. The minimum absolute atomic E-state index is 0.896. The van der Waals surface area contributed by atoms with Crippen molar-refractivity contribution in [1.29, 1.82) is 0 Å². The number of furan rings is 1. The molecule has 1 nitrogen and oxygen atoms in total. The van der Waals surface area contributed by atoms with E-state index in [1.54, 1.807) is 0 Å². The van der Waals surface area contributed by atoms with Crippen LogP contribution in [0.4, 0.5) is 0 Å². The Bertz CT molecular complexity index is 1040. The molecule has 26 heavy (non-hydrogen) atoms. The molecule has 0 saturated heterocycles. The van der Waals surface area contributed by atoms with Gasteiger partial charge in [0.1, 0.15) is 11.2 Å². The van der Waals surface area contributed by atoms with Crippen molar-refractivity contribution in [2.24, 2.45) is 0 Å². The van der Waals surface area contributed by atoms with Gasteiger partial charge in [-0.3, -0.25) is 0 Å². The van der Waals surface area contributed by atoms with Gasteiger partial charge < -0.3 is 4.42 Å². The zero-order chi connectivity index (χ0) is 17.9. The molecule has 4 rings (SSSR count). The fourth-order valence-electron chi connectivity index (χ4n) is 4.00. The molecule has 0 atom stereocenters. The fraction of sp³-hybridized carbons (Fsp3) is 0.333. The third-order valence-corrected chi connectivity index (χ3v) is 5.78. The fourth-order valence-corrected chi connectivity index (χ4v) is 4.35. The molecule has 0 unspecified atom stereocenters. The van der Waals surface area contributed by atoms with Gasteiger partial charge in [0.25, 0.3) is 0 Å². The van der Waals surface area contributed by atoms with Gasteiger partial charge in [-0.15, -0.1) is 0 Å². The molecule has 0 amide bonds. The Morgan fingerprint density at radius 1 is 0.769 bits per heavy atom. The predicted octanol–water partition coefficient (Wildman–Crippen LogP) is 8.30. The molecule has 0 N–H and O–H groups in total. The van der Waals surface area contributed by atoms with Crippen molar-refractivity contribution >= 4 is 44.3 Å². The summed E-state index contributed by atoms with van der Waals surface area (Å²) in [7, 11) is 0. The minimum atomic E-state index is 0.896. The van der Waals surface area contributed by atoms with Crippen molar-refractivity contribution < 1.29 is 4.42 Å². The molecule has 0 radical (unpaired) electrons. The number of benzene rings is 3. The number of halogens is 1. The molecule has 0 saturated carbocycles. The highest BCUT2D eigenvalue weighted by Crippen LogP contribution is 2.41. The van der Waals surface area contributed by atoms with Crippen molar-refractivity contribution in [3.8, 4) is 0 Å². The Labute approximate surface area is 159 Å². The van der Waals surface area contributed by atoms with Crippen LogP contribution >= 0.6 is 11.6 Å². The highest BCUT2D eigenvalue weighted by molar-refractivity contribution is 6.39. The first-order valence-electron chi connectivity index (χ1n) is 9.81. The number of para-hydroxylation sites is 1. The summed E-state index contributed by atoms with van der Waals surface area (Å²) >= 11 is 6.90. The third kappa shape index (κ3) is 3.10. The summed E-state index contributed by atoms with van der Waals surface area (Å²) < 4.78 is 6.26. The summed E-state index contributed by atoms with van der Waals surface area (Å²) in [5, 5.41) is 5.49. The molecule has 0 fully saturated rings. The monoisotopic (exact) mass is 364 g/mol. The van der Waals surface area contributed by atoms with Crippen LogP contribution in [-0.2, 0) is 6.42 Å². The lowest BCUT2D eigenvalue weighted by atomic mass is 9.96. The van der Waals surface area contributed by atoms with E-state index in [1.807, 2.05) is 12.1 Å². The van der Waals surface area contributed by atoms with Gasteiger partial charge in [0.15, 0.2) is 0 Å². The van der Waals surface area contributed by atoms with Crippen molar-refractivity contribution in [3.05, 3.63) is 59.1 Å². The first-order chi connectivity index (χ1) is 12.8. The lowest BCUT2D eigenvalue weighted by Crippen LogP contribution is -1.91. The minimum Gasteiger partial charge on any atom is -0.455 e. The maximum Gasteiger partial charge on any atom is 0.143 e. The maximum absolute atomic E-state index is 6.90. The molecule has 0 aliphatic rings. The Kier molecular flexibility index (Phi) is 5.17. The van der Waals surface area contributed by atoms with E-state index in [4.69, 9.17) is 16.0 Å².